The van der Waals surface area contributed by atoms with Gasteiger partial charge < -0.3 is 15.6 Å². The number of aromatic nitrogens is 1. The van der Waals surface area contributed by atoms with Gasteiger partial charge in [0, 0.05) is 5.75 Å². The van der Waals surface area contributed by atoms with Gasteiger partial charge in [0.1, 0.15) is 11.4 Å². The lowest BCUT2D eigenvalue weighted by atomic mass is 10.4. The Balaban J connectivity index is 2.67. The van der Waals surface area contributed by atoms with Crippen molar-refractivity contribution in [1.82, 2.24) is 5.16 Å². The van der Waals surface area contributed by atoms with Gasteiger partial charge in [-0.05, 0) is 19.4 Å². The summed E-state index contributed by atoms with van der Waals surface area (Å²) in [6.07, 6.45) is -0.843. The normalized spacial score (nSPS) is 10.1. The molecule has 0 aliphatic heterocycles. The van der Waals surface area contributed by atoms with E-state index in [0.717, 1.165) is 17.8 Å². The molecule has 0 saturated carbocycles. The van der Waals surface area contributed by atoms with E-state index in [-0.39, 0.29) is 17.2 Å². The number of aryl methyl sites for hydroxylation is 1. The summed E-state index contributed by atoms with van der Waals surface area (Å²) in [6.45, 7) is 1.56. The van der Waals surface area contributed by atoms with Crippen LogP contribution in [0.3, 0.4) is 0 Å². The molecule has 1 aromatic rings. The zero-order valence-corrected chi connectivity index (χ0v) is 10.7. The van der Waals surface area contributed by atoms with Gasteiger partial charge in [0.25, 0.3) is 6.08 Å². The molecule has 1 heterocycles. The number of anilines is 1. The predicted octanol–water partition coefficient (Wildman–Crippen LogP) is 1.67. The lowest BCUT2D eigenvalue weighted by molar-refractivity contribution is -0.134. The number of allylic oxidation sites excluding steroid dienone is 1. The van der Waals surface area contributed by atoms with E-state index in [9.17, 15) is 18.4 Å². The van der Waals surface area contributed by atoms with Crippen molar-refractivity contribution >= 4 is 29.3 Å². The van der Waals surface area contributed by atoms with Gasteiger partial charge in [0.2, 0.25) is 5.09 Å². The minimum absolute atomic E-state index is 0.135. The average Bonchev–Trinajstić information content (AvgIpc) is 2.66. The smallest absolute Gasteiger partial charge is 0.313 e. The van der Waals surface area contributed by atoms with Crippen molar-refractivity contribution < 1.29 is 22.9 Å². The van der Waals surface area contributed by atoms with Gasteiger partial charge in [0.15, 0.2) is 0 Å². The summed E-state index contributed by atoms with van der Waals surface area (Å²) in [5.74, 6) is -1.83. The molecule has 9 heteroatoms. The van der Waals surface area contributed by atoms with Crippen LogP contribution in [0.15, 0.2) is 21.8 Å². The fourth-order valence-electron chi connectivity index (χ4n) is 1.08. The molecule has 0 aliphatic rings. The molecule has 104 valence electrons. The molecule has 0 atom stereocenters. The number of amides is 2. The molecule has 19 heavy (non-hydrogen) atoms. The van der Waals surface area contributed by atoms with E-state index in [1.807, 2.05) is 0 Å². The van der Waals surface area contributed by atoms with Gasteiger partial charge in [-0.15, -0.1) is 0 Å². The lowest BCUT2D eigenvalue weighted by Crippen LogP contribution is -2.29. The van der Waals surface area contributed by atoms with Crippen LogP contribution >= 0.6 is 11.8 Å². The zero-order chi connectivity index (χ0) is 14.4. The maximum absolute atomic E-state index is 11.8. The van der Waals surface area contributed by atoms with Gasteiger partial charge in [-0.3, -0.25) is 9.59 Å². The summed E-state index contributed by atoms with van der Waals surface area (Å²) in [5, 5.41) is 6.11. The van der Waals surface area contributed by atoms with Gasteiger partial charge in [-0.1, -0.05) is 16.9 Å². The largest absolute Gasteiger partial charge is 0.361 e. The van der Waals surface area contributed by atoms with Crippen LogP contribution in [0, 0.1) is 6.92 Å². The Kier molecular flexibility index (Phi) is 5.49. The maximum Gasteiger partial charge on any atom is 0.313 e. The number of primary amides is 1. The molecule has 0 saturated heterocycles. The molecule has 0 aliphatic carbocycles. The van der Waals surface area contributed by atoms with Crippen LogP contribution in [0.5, 0.6) is 0 Å². The summed E-state index contributed by atoms with van der Waals surface area (Å²) >= 11 is 1.09. The summed E-state index contributed by atoms with van der Waals surface area (Å²) in [5.41, 5.74) is 5.39. The second-order valence-electron chi connectivity index (χ2n) is 3.38. The number of thioether (sulfide) groups is 1. The molecule has 0 fully saturated rings. The molecule has 0 bridgehead atoms. The van der Waals surface area contributed by atoms with Gasteiger partial charge in [-0.25, -0.2) is 0 Å². The Bertz CT molecular complexity index is 512. The number of nitrogens with zero attached hydrogens (tertiary/aromatic N) is 1. The third-order valence-corrected chi connectivity index (χ3v) is 2.92. The summed E-state index contributed by atoms with van der Waals surface area (Å²) < 4.78 is 28.5. The number of hydrogen-bond acceptors (Lipinski definition) is 5. The molecular formula is C10H11F2N3O3S. The molecule has 2 amide bonds. The number of nitrogens with two attached hydrogens (primary N) is 1. The maximum atomic E-state index is 11.8. The van der Waals surface area contributed by atoms with E-state index in [0.29, 0.717) is 11.4 Å². The molecule has 6 nitrogen and oxygen atoms in total. The van der Waals surface area contributed by atoms with Crippen molar-refractivity contribution in [2.75, 3.05) is 11.1 Å². The Morgan fingerprint density at radius 2 is 2.21 bits per heavy atom. The van der Waals surface area contributed by atoms with Crippen LogP contribution in [-0.4, -0.2) is 22.7 Å². The topological polar surface area (TPSA) is 98.2 Å². The second kappa shape index (κ2) is 6.88. The third kappa shape index (κ3) is 4.70. The number of nitrogens with one attached hydrogen (secondary N) is 1. The second-order valence-corrected chi connectivity index (χ2v) is 4.45. The van der Waals surface area contributed by atoms with Crippen molar-refractivity contribution in [3.63, 3.8) is 0 Å². The first-order chi connectivity index (χ1) is 8.91. The highest BCUT2D eigenvalue weighted by molar-refractivity contribution is 7.99. The third-order valence-electron chi connectivity index (χ3n) is 1.94. The van der Waals surface area contributed by atoms with Crippen LogP contribution < -0.4 is 11.1 Å². The monoisotopic (exact) mass is 291 g/mol. The van der Waals surface area contributed by atoms with Gasteiger partial charge >= 0.3 is 11.8 Å². The van der Waals surface area contributed by atoms with Crippen molar-refractivity contribution in [2.24, 2.45) is 5.73 Å². The number of carbonyl (C=O) groups excluding carboxylic acids is 2. The van der Waals surface area contributed by atoms with E-state index < -0.39 is 17.9 Å². The Hall–Kier alpha value is -1.90. The summed E-state index contributed by atoms with van der Waals surface area (Å²) in [4.78, 5) is 21.8. The molecule has 1 rings (SSSR count). The lowest BCUT2D eigenvalue weighted by Gasteiger charge is -2.02. The Morgan fingerprint density at radius 3 is 2.79 bits per heavy atom. The standard InChI is InChI=1S/C10H11F2N3O3S/c1-5-7(14-9(17)8(13)16)10(18-15-5)19-4-2-3-6(11)12/h3H,2,4H2,1H3,(H2,13,16)(H,14,17). The molecule has 0 unspecified atom stereocenters. The molecular weight excluding hydrogens is 280 g/mol. The Labute approximate surface area is 111 Å². The molecule has 0 radical (unpaired) electrons. The first kappa shape index (κ1) is 15.2. The quantitative estimate of drug-likeness (QED) is 0.488. The minimum atomic E-state index is -1.75. The van der Waals surface area contributed by atoms with E-state index in [4.69, 9.17) is 10.3 Å². The highest BCUT2D eigenvalue weighted by Gasteiger charge is 2.18. The van der Waals surface area contributed by atoms with Crippen LogP contribution in [0.2, 0.25) is 0 Å². The van der Waals surface area contributed by atoms with Gasteiger partial charge in [0.05, 0.1) is 0 Å². The zero-order valence-electron chi connectivity index (χ0n) is 9.91. The van der Waals surface area contributed by atoms with E-state index >= 15 is 0 Å². The van der Waals surface area contributed by atoms with Crippen LogP contribution in [0.25, 0.3) is 0 Å². The van der Waals surface area contributed by atoms with E-state index in [2.05, 4.69) is 10.5 Å². The first-order valence-electron chi connectivity index (χ1n) is 5.12. The van der Waals surface area contributed by atoms with Crippen LogP contribution in [0.1, 0.15) is 12.1 Å². The summed E-state index contributed by atoms with van der Waals surface area (Å²) in [7, 11) is 0. The highest BCUT2D eigenvalue weighted by Crippen LogP contribution is 2.30. The van der Waals surface area contributed by atoms with Crippen molar-refractivity contribution in [1.29, 1.82) is 0 Å². The SMILES string of the molecule is Cc1noc(SCCC=C(F)F)c1NC(=O)C(N)=O. The minimum Gasteiger partial charge on any atom is -0.361 e. The van der Waals surface area contributed by atoms with Gasteiger partial charge in [-0.2, -0.15) is 8.78 Å². The molecule has 0 spiro atoms. The van der Waals surface area contributed by atoms with Crippen molar-refractivity contribution in [2.45, 2.75) is 18.4 Å². The van der Waals surface area contributed by atoms with E-state index in [1.165, 1.54) is 0 Å². The number of hydrogen-bond donors (Lipinski definition) is 2. The first-order valence-corrected chi connectivity index (χ1v) is 6.11. The van der Waals surface area contributed by atoms with E-state index in [1.54, 1.807) is 6.92 Å². The van der Waals surface area contributed by atoms with Crippen LogP contribution in [0.4, 0.5) is 14.5 Å². The van der Waals surface area contributed by atoms with Crippen molar-refractivity contribution in [3.8, 4) is 0 Å². The number of carbonyl (C=O) groups is 2. The molecule has 1 aromatic heterocycles. The fourth-order valence-corrected chi connectivity index (χ4v) is 1.94. The van der Waals surface area contributed by atoms with Crippen molar-refractivity contribution in [3.05, 3.63) is 17.9 Å². The number of halogens is 2. The molecule has 3 N–H and O–H groups in total. The molecule has 0 aromatic carbocycles. The fraction of sp³-hybridized carbons (Fsp3) is 0.300. The Morgan fingerprint density at radius 1 is 1.53 bits per heavy atom. The average molecular weight is 291 g/mol. The number of rotatable bonds is 5. The predicted molar refractivity (Wildman–Crippen MR) is 64.7 cm³/mol. The highest BCUT2D eigenvalue weighted by atomic mass is 32.2. The van der Waals surface area contributed by atoms with Crippen LogP contribution in [-0.2, 0) is 9.59 Å². The summed E-state index contributed by atoms with van der Waals surface area (Å²) in [6, 6.07) is 0.